The lowest BCUT2D eigenvalue weighted by atomic mass is 10.2. The SMILES string of the molecule is CCCC(C)NC(=O)C(C)NCCCCOCCOC. The standard InChI is InChI=1S/C15H32N2O3/c1-5-8-13(2)17-15(18)14(3)16-9-6-7-10-20-12-11-19-4/h13-14,16H,5-12H2,1-4H3,(H,17,18). The summed E-state index contributed by atoms with van der Waals surface area (Å²) in [7, 11) is 1.67. The molecule has 20 heavy (non-hydrogen) atoms. The molecule has 0 fully saturated rings. The maximum Gasteiger partial charge on any atom is 0.237 e. The van der Waals surface area contributed by atoms with Crippen molar-refractivity contribution in [3.05, 3.63) is 0 Å². The second kappa shape index (κ2) is 13.3. The number of methoxy groups -OCH3 is 1. The minimum absolute atomic E-state index is 0.0855. The first-order valence-corrected chi connectivity index (χ1v) is 7.72. The number of rotatable bonds is 13. The first kappa shape index (κ1) is 19.4. The molecule has 2 atom stereocenters. The molecule has 5 nitrogen and oxygen atoms in total. The van der Waals surface area contributed by atoms with Gasteiger partial charge in [0.2, 0.25) is 5.91 Å². The fourth-order valence-corrected chi connectivity index (χ4v) is 1.86. The monoisotopic (exact) mass is 288 g/mol. The topological polar surface area (TPSA) is 59.6 Å². The van der Waals surface area contributed by atoms with Gasteiger partial charge in [-0.3, -0.25) is 4.79 Å². The smallest absolute Gasteiger partial charge is 0.237 e. The zero-order chi connectivity index (χ0) is 15.2. The van der Waals surface area contributed by atoms with Gasteiger partial charge in [0.05, 0.1) is 19.3 Å². The zero-order valence-corrected chi connectivity index (χ0v) is 13.5. The molecule has 0 aliphatic carbocycles. The van der Waals surface area contributed by atoms with Crippen LogP contribution in [0.5, 0.6) is 0 Å². The van der Waals surface area contributed by atoms with Gasteiger partial charge in [0.1, 0.15) is 0 Å². The highest BCUT2D eigenvalue weighted by atomic mass is 16.5. The minimum atomic E-state index is -0.135. The molecular weight excluding hydrogens is 256 g/mol. The summed E-state index contributed by atoms with van der Waals surface area (Å²) in [5.74, 6) is 0.0855. The van der Waals surface area contributed by atoms with E-state index in [9.17, 15) is 4.79 Å². The van der Waals surface area contributed by atoms with Gasteiger partial charge < -0.3 is 20.1 Å². The van der Waals surface area contributed by atoms with Crippen molar-refractivity contribution in [3.8, 4) is 0 Å². The first-order chi connectivity index (χ1) is 9.61. The number of unbranched alkanes of at least 4 members (excludes halogenated alkanes) is 1. The molecule has 0 bridgehead atoms. The van der Waals surface area contributed by atoms with Gasteiger partial charge in [0.15, 0.2) is 0 Å². The Hall–Kier alpha value is -0.650. The Balaban J connectivity index is 3.47. The third-order valence-corrected chi connectivity index (χ3v) is 3.10. The van der Waals surface area contributed by atoms with Crippen molar-refractivity contribution < 1.29 is 14.3 Å². The van der Waals surface area contributed by atoms with Gasteiger partial charge in [-0.15, -0.1) is 0 Å². The Morgan fingerprint density at radius 3 is 2.55 bits per heavy atom. The zero-order valence-electron chi connectivity index (χ0n) is 13.5. The molecule has 0 saturated carbocycles. The van der Waals surface area contributed by atoms with Crippen molar-refractivity contribution in [2.75, 3.05) is 33.5 Å². The lowest BCUT2D eigenvalue weighted by molar-refractivity contribution is -0.123. The molecule has 0 aromatic rings. The summed E-state index contributed by atoms with van der Waals surface area (Å²) in [6.07, 6.45) is 4.12. The van der Waals surface area contributed by atoms with E-state index in [0.717, 1.165) is 38.8 Å². The predicted octanol–water partition coefficient (Wildman–Crippen LogP) is 1.71. The third-order valence-electron chi connectivity index (χ3n) is 3.10. The molecule has 0 aliphatic rings. The number of ether oxygens (including phenoxy) is 2. The summed E-state index contributed by atoms with van der Waals surface area (Å²) in [4.78, 5) is 11.9. The minimum Gasteiger partial charge on any atom is -0.382 e. The van der Waals surface area contributed by atoms with Crippen LogP contribution in [0.3, 0.4) is 0 Å². The molecule has 0 aromatic carbocycles. The van der Waals surface area contributed by atoms with Crippen molar-refractivity contribution in [2.45, 2.75) is 58.5 Å². The van der Waals surface area contributed by atoms with Crippen molar-refractivity contribution in [3.63, 3.8) is 0 Å². The molecule has 0 saturated heterocycles. The number of nitrogens with one attached hydrogen (secondary N) is 2. The van der Waals surface area contributed by atoms with E-state index in [4.69, 9.17) is 9.47 Å². The predicted molar refractivity (Wildman–Crippen MR) is 81.9 cm³/mol. The summed E-state index contributed by atoms with van der Waals surface area (Å²) in [6.45, 7) is 8.96. The number of carbonyl (C=O) groups excluding carboxylic acids is 1. The van der Waals surface area contributed by atoms with Crippen LogP contribution in [0.4, 0.5) is 0 Å². The Morgan fingerprint density at radius 1 is 1.15 bits per heavy atom. The van der Waals surface area contributed by atoms with Crippen LogP contribution in [0.2, 0.25) is 0 Å². The van der Waals surface area contributed by atoms with Gasteiger partial charge in [0, 0.05) is 19.8 Å². The number of hydrogen-bond acceptors (Lipinski definition) is 4. The normalized spacial score (nSPS) is 14.0. The molecule has 5 heteroatoms. The summed E-state index contributed by atoms with van der Waals surface area (Å²) in [5.41, 5.74) is 0. The Bertz CT molecular complexity index is 237. The molecule has 0 radical (unpaired) electrons. The van der Waals surface area contributed by atoms with Gasteiger partial charge in [-0.25, -0.2) is 0 Å². The van der Waals surface area contributed by atoms with Crippen molar-refractivity contribution >= 4 is 5.91 Å². The van der Waals surface area contributed by atoms with E-state index in [2.05, 4.69) is 17.6 Å². The highest BCUT2D eigenvalue weighted by Crippen LogP contribution is 1.96. The fraction of sp³-hybridized carbons (Fsp3) is 0.933. The molecular formula is C15H32N2O3. The maximum atomic E-state index is 11.9. The van der Waals surface area contributed by atoms with E-state index in [1.807, 2.05) is 13.8 Å². The van der Waals surface area contributed by atoms with E-state index in [-0.39, 0.29) is 18.0 Å². The second-order valence-electron chi connectivity index (χ2n) is 5.19. The van der Waals surface area contributed by atoms with Gasteiger partial charge in [-0.05, 0) is 39.7 Å². The van der Waals surface area contributed by atoms with Crippen molar-refractivity contribution in [1.29, 1.82) is 0 Å². The van der Waals surface area contributed by atoms with E-state index < -0.39 is 0 Å². The number of carbonyl (C=O) groups is 1. The van der Waals surface area contributed by atoms with Gasteiger partial charge in [0.25, 0.3) is 0 Å². The van der Waals surface area contributed by atoms with Crippen LogP contribution in [0.1, 0.15) is 46.5 Å². The second-order valence-corrected chi connectivity index (χ2v) is 5.19. The molecule has 1 amide bonds. The largest absolute Gasteiger partial charge is 0.382 e. The average molecular weight is 288 g/mol. The highest BCUT2D eigenvalue weighted by molar-refractivity contribution is 5.81. The summed E-state index contributed by atoms with van der Waals surface area (Å²) in [6, 6.07) is 0.120. The molecule has 120 valence electrons. The average Bonchev–Trinajstić information content (AvgIpc) is 2.41. The summed E-state index contributed by atoms with van der Waals surface area (Å²) < 4.78 is 10.3. The third kappa shape index (κ3) is 11.2. The van der Waals surface area contributed by atoms with E-state index in [1.54, 1.807) is 7.11 Å². The van der Waals surface area contributed by atoms with Crippen LogP contribution in [0.25, 0.3) is 0 Å². The quantitative estimate of drug-likeness (QED) is 0.507. The van der Waals surface area contributed by atoms with Crippen molar-refractivity contribution in [1.82, 2.24) is 10.6 Å². The first-order valence-electron chi connectivity index (χ1n) is 7.72. The highest BCUT2D eigenvalue weighted by Gasteiger charge is 2.13. The maximum absolute atomic E-state index is 11.9. The Kier molecular flexibility index (Phi) is 12.9. The molecule has 2 N–H and O–H groups in total. The van der Waals surface area contributed by atoms with Crippen LogP contribution in [0.15, 0.2) is 0 Å². The molecule has 0 rings (SSSR count). The lowest BCUT2D eigenvalue weighted by Crippen LogP contribution is -2.45. The van der Waals surface area contributed by atoms with Crippen LogP contribution in [0, 0.1) is 0 Å². The van der Waals surface area contributed by atoms with Gasteiger partial charge in [-0.2, -0.15) is 0 Å². The number of amides is 1. The summed E-state index contributed by atoms with van der Waals surface area (Å²) >= 11 is 0. The van der Waals surface area contributed by atoms with E-state index >= 15 is 0 Å². The van der Waals surface area contributed by atoms with Crippen LogP contribution < -0.4 is 10.6 Å². The molecule has 2 unspecified atom stereocenters. The lowest BCUT2D eigenvalue weighted by Gasteiger charge is -2.18. The van der Waals surface area contributed by atoms with Gasteiger partial charge >= 0.3 is 0 Å². The molecule has 0 heterocycles. The summed E-state index contributed by atoms with van der Waals surface area (Å²) in [5, 5.41) is 6.26. The van der Waals surface area contributed by atoms with Crippen LogP contribution in [-0.2, 0) is 14.3 Å². The van der Waals surface area contributed by atoms with Crippen molar-refractivity contribution in [2.24, 2.45) is 0 Å². The Morgan fingerprint density at radius 2 is 1.90 bits per heavy atom. The van der Waals surface area contributed by atoms with E-state index in [0.29, 0.717) is 13.2 Å². The molecule has 0 aliphatic heterocycles. The fourth-order valence-electron chi connectivity index (χ4n) is 1.86. The number of hydrogen-bond donors (Lipinski definition) is 2. The molecule has 0 spiro atoms. The van der Waals surface area contributed by atoms with Crippen LogP contribution in [-0.4, -0.2) is 51.5 Å². The van der Waals surface area contributed by atoms with Gasteiger partial charge in [-0.1, -0.05) is 13.3 Å². The molecule has 0 aromatic heterocycles. The van der Waals surface area contributed by atoms with E-state index in [1.165, 1.54) is 0 Å². The Labute approximate surface area is 123 Å². The van der Waals surface area contributed by atoms with Crippen LogP contribution >= 0.6 is 0 Å².